The van der Waals surface area contributed by atoms with E-state index >= 15 is 4.79 Å². The molecule has 4 fully saturated rings. The Morgan fingerprint density at radius 3 is 2.10 bits per heavy atom. The Kier molecular flexibility index (Phi) is 22.8. The fourth-order valence-corrected chi connectivity index (χ4v) is 13.0. The lowest BCUT2D eigenvalue weighted by atomic mass is 9.73. The average molecular weight is 1160 g/mol. The Morgan fingerprint density at radius 1 is 0.829 bits per heavy atom. The first kappa shape index (κ1) is 66.5. The van der Waals surface area contributed by atoms with Crippen molar-refractivity contribution in [2.75, 3.05) is 61.8 Å². The maximum absolute atomic E-state index is 15.0. The molecule has 18 atom stereocenters. The molecular weight excluding hydrogens is 1070 g/mol. The van der Waals surface area contributed by atoms with E-state index in [1.54, 1.807) is 52.3 Å². The number of carboxylic acids is 1. The second-order valence-electron chi connectivity index (χ2n) is 24.0. The van der Waals surface area contributed by atoms with E-state index in [-0.39, 0.29) is 62.6 Å². The summed E-state index contributed by atoms with van der Waals surface area (Å²) in [6.07, 6.45) is -6.08. The number of carboxylic acid groups (broad SMARTS) is 1. The molecule has 6 rings (SSSR count). The number of aromatic carboxylic acids is 1. The molecule has 0 radical (unpaired) electrons. The first-order valence-electron chi connectivity index (χ1n) is 29.1. The van der Waals surface area contributed by atoms with Crippen molar-refractivity contribution in [3.05, 3.63) is 45.7 Å². The van der Waals surface area contributed by atoms with E-state index in [1.165, 1.54) is 25.3 Å². The monoisotopic (exact) mass is 1160 g/mol. The highest BCUT2D eigenvalue weighted by molar-refractivity contribution is 5.92. The number of fused-ring (bicyclic) bond motifs is 2. The number of hydrogen-bond acceptors (Lipinski definition) is 19. The summed E-state index contributed by atoms with van der Waals surface area (Å²) in [6.45, 7) is 21.1. The minimum absolute atomic E-state index is 0.00514. The summed E-state index contributed by atoms with van der Waals surface area (Å²) in [5.41, 5.74) is -3.20. The van der Waals surface area contributed by atoms with Gasteiger partial charge in [0.25, 0.3) is 0 Å². The summed E-state index contributed by atoms with van der Waals surface area (Å²) in [5.74, 6) is -6.28. The SMILES string of the molecule is CC[C@H]1OC(=O)[C@H](C)[C@@H](O[C@@H]2O[C@@H](C)C[C@](C)(OC)[C@H]2OC(=O)CCOCCOCCCc2ccc3c(c2)c(=O)c(C(=O)O)cn3CC)[C@H](C)[C@@H](O[C@@H]2O[C@H](C)C[C@H](N(C)C)[C@H]2O)[C@](C)(OC)C[C@@H](C)C(=O)[C@H](C)[C@H]2N(C)C(=O)O[C@]12C. The number of ketones is 1. The van der Waals surface area contributed by atoms with Crippen LogP contribution in [0.5, 0.6) is 0 Å². The second-order valence-corrected chi connectivity index (χ2v) is 24.0. The molecule has 22 heteroatoms. The van der Waals surface area contributed by atoms with Crippen molar-refractivity contribution in [2.45, 2.75) is 212 Å². The normalized spacial score (nSPS) is 36.0. The smallest absolute Gasteiger partial charge is 0.410 e. The maximum Gasteiger partial charge on any atom is 0.410 e. The molecule has 1 aromatic carbocycles. The van der Waals surface area contributed by atoms with Gasteiger partial charge in [-0.05, 0) is 112 Å². The Hall–Kier alpha value is -4.62. The van der Waals surface area contributed by atoms with Crippen LogP contribution in [0.2, 0.25) is 0 Å². The summed E-state index contributed by atoms with van der Waals surface area (Å²) in [6, 6.07) is 4.31. The fourth-order valence-electron chi connectivity index (χ4n) is 13.0. The van der Waals surface area contributed by atoms with E-state index < -0.39 is 125 Å². The number of cyclic esters (lactones) is 1. The molecule has 5 heterocycles. The number of likely N-dealkylation sites (N-methyl/N-ethyl adjacent to an activating group) is 2. The van der Waals surface area contributed by atoms with Gasteiger partial charge in [-0.3, -0.25) is 19.2 Å². The first-order chi connectivity index (χ1) is 38.6. The van der Waals surface area contributed by atoms with Crippen LogP contribution in [0.15, 0.2) is 29.2 Å². The topological polar surface area (TPSA) is 256 Å². The number of aryl methyl sites for hydroxylation is 2. The number of aromatic nitrogens is 1. The van der Waals surface area contributed by atoms with Gasteiger partial charge in [0, 0.05) is 76.2 Å². The number of rotatable bonds is 21. The minimum atomic E-state index is -1.44. The van der Waals surface area contributed by atoms with Crippen molar-refractivity contribution in [1.82, 2.24) is 14.4 Å². The number of pyridine rings is 1. The highest BCUT2D eigenvalue weighted by Crippen LogP contribution is 2.45. The number of aliphatic hydroxyl groups excluding tert-OH is 1. The molecule has 1 amide bonds. The molecule has 4 aliphatic rings. The summed E-state index contributed by atoms with van der Waals surface area (Å²) in [4.78, 5) is 85.2. The molecule has 462 valence electrons. The van der Waals surface area contributed by atoms with Gasteiger partial charge in [-0.1, -0.05) is 33.8 Å². The number of hydrogen-bond donors (Lipinski definition) is 2. The molecule has 2 N–H and O–H groups in total. The quantitative estimate of drug-likeness (QED) is 0.0804. The van der Waals surface area contributed by atoms with Gasteiger partial charge in [0.05, 0.1) is 73.7 Å². The highest BCUT2D eigenvalue weighted by atomic mass is 16.7. The molecule has 1 aromatic heterocycles. The van der Waals surface area contributed by atoms with E-state index in [0.29, 0.717) is 49.7 Å². The zero-order valence-electron chi connectivity index (χ0n) is 51.1. The van der Waals surface area contributed by atoms with Crippen molar-refractivity contribution in [1.29, 1.82) is 0 Å². The zero-order chi connectivity index (χ0) is 60.8. The van der Waals surface area contributed by atoms with E-state index in [1.807, 2.05) is 72.7 Å². The fraction of sp³-hybridized carbons (Fsp3) is 0.767. The van der Waals surface area contributed by atoms with Gasteiger partial charge in [-0.15, -0.1) is 0 Å². The number of nitrogens with zero attached hydrogens (tertiary/aromatic N) is 3. The van der Waals surface area contributed by atoms with E-state index in [0.717, 1.165) is 5.56 Å². The Morgan fingerprint density at radius 2 is 1.48 bits per heavy atom. The minimum Gasteiger partial charge on any atom is -0.477 e. The molecule has 0 unspecified atom stereocenters. The molecule has 4 saturated heterocycles. The van der Waals surface area contributed by atoms with Gasteiger partial charge < -0.3 is 76.7 Å². The molecule has 0 spiro atoms. The molecule has 0 aliphatic carbocycles. The van der Waals surface area contributed by atoms with Gasteiger partial charge in [0.1, 0.15) is 29.2 Å². The van der Waals surface area contributed by atoms with Gasteiger partial charge in [-0.25, -0.2) is 9.59 Å². The highest BCUT2D eigenvalue weighted by Gasteiger charge is 2.60. The number of carbonyl (C=O) groups excluding carboxylic acids is 4. The van der Waals surface area contributed by atoms with Crippen LogP contribution in [-0.2, 0) is 79.5 Å². The summed E-state index contributed by atoms with van der Waals surface area (Å²) < 4.78 is 71.7. The summed E-state index contributed by atoms with van der Waals surface area (Å²) in [5, 5.41) is 21.9. The lowest BCUT2D eigenvalue weighted by Crippen LogP contribution is -2.62. The third-order valence-electron chi connectivity index (χ3n) is 17.7. The zero-order valence-corrected chi connectivity index (χ0v) is 51.1. The molecule has 4 aliphatic heterocycles. The number of methoxy groups -OCH3 is 2. The summed E-state index contributed by atoms with van der Waals surface area (Å²) >= 11 is 0. The van der Waals surface area contributed by atoms with Crippen LogP contribution >= 0.6 is 0 Å². The van der Waals surface area contributed by atoms with Gasteiger partial charge >= 0.3 is 24.0 Å². The van der Waals surface area contributed by atoms with E-state index in [4.69, 9.17) is 52.1 Å². The second kappa shape index (κ2) is 28.1. The number of benzene rings is 1. The number of ether oxygens (including phenoxy) is 11. The molecule has 2 aromatic rings. The third-order valence-corrected chi connectivity index (χ3v) is 17.7. The van der Waals surface area contributed by atoms with Crippen LogP contribution in [0, 0.1) is 23.7 Å². The predicted octanol–water partition coefficient (Wildman–Crippen LogP) is 6.18. The first-order valence-corrected chi connectivity index (χ1v) is 29.1. The molecule has 22 nitrogen and oxygen atoms in total. The maximum atomic E-state index is 15.0. The van der Waals surface area contributed by atoms with Crippen molar-refractivity contribution >= 4 is 40.7 Å². The van der Waals surface area contributed by atoms with Crippen LogP contribution in [0.25, 0.3) is 10.9 Å². The number of aliphatic hydroxyl groups is 1. The van der Waals surface area contributed by atoms with Crippen LogP contribution in [0.3, 0.4) is 0 Å². The third kappa shape index (κ3) is 14.5. The molecule has 0 bridgehead atoms. The van der Waals surface area contributed by atoms with E-state index in [9.17, 15) is 34.2 Å². The van der Waals surface area contributed by atoms with Crippen molar-refractivity contribution in [3.8, 4) is 0 Å². The largest absolute Gasteiger partial charge is 0.477 e. The van der Waals surface area contributed by atoms with E-state index in [2.05, 4.69) is 0 Å². The van der Waals surface area contributed by atoms with Crippen LogP contribution < -0.4 is 5.43 Å². The lowest BCUT2D eigenvalue weighted by molar-refractivity contribution is -0.329. The summed E-state index contributed by atoms with van der Waals surface area (Å²) in [7, 11) is 8.32. The predicted molar refractivity (Wildman–Crippen MR) is 300 cm³/mol. The van der Waals surface area contributed by atoms with Gasteiger partial charge in [0.2, 0.25) is 5.43 Å². The van der Waals surface area contributed by atoms with Crippen molar-refractivity contribution < 1.29 is 86.3 Å². The average Bonchev–Trinajstić information content (AvgIpc) is 2.47. The number of carbonyl (C=O) groups is 5. The molecule has 82 heavy (non-hydrogen) atoms. The van der Waals surface area contributed by atoms with Gasteiger partial charge in [-0.2, -0.15) is 0 Å². The number of amides is 1. The number of esters is 2. The molecule has 0 saturated carbocycles. The van der Waals surface area contributed by atoms with Gasteiger partial charge in [0.15, 0.2) is 24.3 Å². The lowest BCUT2D eigenvalue weighted by Gasteiger charge is -2.50. The van der Waals surface area contributed by atoms with Crippen molar-refractivity contribution in [3.63, 3.8) is 0 Å². The van der Waals surface area contributed by atoms with Crippen molar-refractivity contribution in [2.24, 2.45) is 23.7 Å². The van der Waals surface area contributed by atoms with Crippen LogP contribution in [0.4, 0.5) is 4.79 Å². The Bertz CT molecular complexity index is 2600. The van der Waals surface area contributed by atoms with Crippen LogP contribution in [0.1, 0.15) is 131 Å². The number of Topliss-reactive ketones (excluding diaryl/α,β-unsaturated/α-hetero) is 1. The Labute approximate surface area is 482 Å². The Balaban J connectivity index is 1.22. The molecular formula is C60H93N3O19. The van der Waals surface area contributed by atoms with Crippen LogP contribution in [-0.4, -0.2) is 200 Å². The standard InChI is InChI=1S/C60H93N3O19/c1-17-44-60(11)50(62(14)57(71)82-60)36(6)46(65)33(3)30-58(9,72-15)51(81-55-48(67)43(61(12)13)28-34(4)76-55)37(7)49(38(8)54(70)78-44)80-56-52(59(10,73-16)31-35(5)77-56)79-45(64)23-25-75-27-26-74-24-19-20-39-21-22-42-40(29-39)47(66)41(53(68)69)32-63(42)18-2/h21-22,29,32-38,43-44,48-52,55-56,67H,17-20,23-28,30-31H2,1-16H3,(H,68,69)/t33-,34-,35+,36+,37+,38-,43+,44-,48-,49+,50-,51-,52+,55+,56+,58-,59+,60-/m1/s1.